The van der Waals surface area contributed by atoms with Crippen molar-refractivity contribution >= 4 is 31.2 Å². The van der Waals surface area contributed by atoms with Crippen LogP contribution in [-0.4, -0.2) is 64.5 Å². The molecular formula is C23H39N5O5Si. The van der Waals surface area contributed by atoms with Crippen LogP contribution in [0.4, 0.5) is 5.82 Å². The monoisotopic (exact) mass is 493 g/mol. The first-order valence-corrected chi connectivity index (χ1v) is 14.2. The number of aliphatic hydroxyl groups is 1. The number of nitrogens with zero attached hydrogens (tertiary/aromatic N) is 4. The van der Waals surface area contributed by atoms with Crippen molar-refractivity contribution in [1.82, 2.24) is 19.5 Å². The Hall–Kier alpha value is -1.92. The Bertz CT molecular complexity index is 960. The number of carbonyl (C=O) groups is 1. The summed E-state index contributed by atoms with van der Waals surface area (Å²) in [6, 6.07) is 0. The van der Waals surface area contributed by atoms with Crippen LogP contribution < -0.4 is 5.32 Å². The molecule has 2 aromatic rings. The van der Waals surface area contributed by atoms with Gasteiger partial charge in [-0.3, -0.25) is 9.36 Å². The predicted octanol–water partition coefficient (Wildman–Crippen LogP) is 3.85. The Kier molecular flexibility index (Phi) is 8.46. The molecular weight excluding hydrogens is 454 g/mol. The molecule has 2 N–H and O–H groups in total. The fourth-order valence-corrected chi connectivity index (χ4v) is 10.8. The Morgan fingerprint density at radius 1 is 1.18 bits per heavy atom. The lowest BCUT2D eigenvalue weighted by Crippen LogP contribution is -2.48. The Morgan fingerprint density at radius 2 is 1.82 bits per heavy atom. The molecule has 11 heteroatoms. The first-order chi connectivity index (χ1) is 16.0. The van der Waals surface area contributed by atoms with Crippen LogP contribution in [0.2, 0.25) is 16.6 Å². The van der Waals surface area contributed by atoms with Crippen LogP contribution in [0.5, 0.6) is 0 Å². The topological polar surface area (TPSA) is 121 Å². The quantitative estimate of drug-likeness (QED) is 0.378. The zero-order chi connectivity index (χ0) is 25.2. The van der Waals surface area contributed by atoms with Crippen LogP contribution in [0.1, 0.15) is 61.6 Å². The smallest absolute Gasteiger partial charge is 0.222 e. The molecule has 3 rings (SSSR count). The molecule has 0 spiro atoms. The number of anilines is 1. The van der Waals surface area contributed by atoms with Gasteiger partial charge in [-0.2, -0.15) is 0 Å². The van der Waals surface area contributed by atoms with Crippen molar-refractivity contribution in [3.8, 4) is 0 Å². The van der Waals surface area contributed by atoms with E-state index in [4.69, 9.17) is 13.9 Å². The molecule has 1 fully saturated rings. The van der Waals surface area contributed by atoms with Gasteiger partial charge in [0.25, 0.3) is 0 Å². The number of nitrogens with one attached hydrogen (secondary N) is 1. The maximum atomic E-state index is 11.6. The van der Waals surface area contributed by atoms with Crippen LogP contribution in [-0.2, 0) is 18.7 Å². The molecule has 0 bridgehead atoms. The predicted molar refractivity (Wildman–Crippen MR) is 132 cm³/mol. The molecule has 1 saturated heterocycles. The standard InChI is InChI=1S/C23H39N5O5Si/c1-13(2)34(14(3)4,15(5)6)32-12-31-20-16(7)18(9-29)33-23(20)28-11-26-19-21(27-17(8)30)24-10-25-22(19)28/h10-11,13-16,18,20,23,29H,9,12H2,1-8H3,(H,24,25,27,30)/t16?,18-,20+,23-/m1/s1. The highest BCUT2D eigenvalue weighted by atomic mass is 28.4. The molecule has 0 aromatic carbocycles. The summed E-state index contributed by atoms with van der Waals surface area (Å²) in [7, 11) is -2.10. The van der Waals surface area contributed by atoms with Crippen molar-refractivity contribution in [2.75, 3.05) is 18.7 Å². The van der Waals surface area contributed by atoms with Crippen LogP contribution in [0.25, 0.3) is 11.2 Å². The molecule has 34 heavy (non-hydrogen) atoms. The van der Waals surface area contributed by atoms with Gasteiger partial charge in [0.05, 0.1) is 19.0 Å². The number of amides is 1. The van der Waals surface area contributed by atoms with E-state index in [1.54, 1.807) is 10.9 Å². The second kappa shape index (κ2) is 10.8. The highest BCUT2D eigenvalue weighted by Crippen LogP contribution is 2.43. The largest absolute Gasteiger partial charge is 0.394 e. The van der Waals surface area contributed by atoms with E-state index in [2.05, 4.69) is 61.8 Å². The highest BCUT2D eigenvalue weighted by Gasteiger charge is 2.47. The van der Waals surface area contributed by atoms with Crippen molar-refractivity contribution < 1.29 is 23.8 Å². The average Bonchev–Trinajstić information content (AvgIpc) is 3.31. The number of hydrogen-bond donors (Lipinski definition) is 2. The van der Waals surface area contributed by atoms with E-state index in [9.17, 15) is 9.90 Å². The van der Waals surface area contributed by atoms with Crippen LogP contribution in [0.15, 0.2) is 12.7 Å². The zero-order valence-corrected chi connectivity index (χ0v) is 22.5. The molecule has 10 nitrogen and oxygen atoms in total. The van der Waals surface area contributed by atoms with Crippen molar-refractivity contribution in [1.29, 1.82) is 0 Å². The fraction of sp³-hybridized carbons (Fsp3) is 0.739. The third-order valence-electron chi connectivity index (χ3n) is 7.08. The highest BCUT2D eigenvalue weighted by molar-refractivity contribution is 6.77. The Balaban J connectivity index is 1.88. The molecule has 1 amide bonds. The zero-order valence-electron chi connectivity index (χ0n) is 21.5. The number of imidazole rings is 1. The fourth-order valence-electron chi connectivity index (χ4n) is 5.53. The van der Waals surface area contributed by atoms with E-state index >= 15 is 0 Å². The minimum atomic E-state index is -2.10. The molecule has 1 unspecified atom stereocenters. The van der Waals surface area contributed by atoms with E-state index in [0.717, 1.165) is 0 Å². The number of carbonyl (C=O) groups excluding carboxylic acids is 1. The third kappa shape index (κ3) is 4.89. The number of rotatable bonds is 10. The maximum absolute atomic E-state index is 11.6. The van der Waals surface area contributed by atoms with Crippen molar-refractivity contribution in [2.45, 2.75) is 90.4 Å². The lowest BCUT2D eigenvalue weighted by Gasteiger charge is -2.42. The van der Waals surface area contributed by atoms with Gasteiger partial charge in [0.2, 0.25) is 14.2 Å². The Morgan fingerprint density at radius 3 is 2.38 bits per heavy atom. The van der Waals surface area contributed by atoms with Crippen molar-refractivity contribution in [3.05, 3.63) is 12.7 Å². The number of fused-ring (bicyclic) bond motifs is 1. The van der Waals surface area contributed by atoms with Gasteiger partial charge in [0.15, 0.2) is 23.2 Å². The van der Waals surface area contributed by atoms with Gasteiger partial charge < -0.3 is 24.3 Å². The Labute approximate surface area is 202 Å². The number of ether oxygens (including phenoxy) is 2. The number of hydrogen-bond acceptors (Lipinski definition) is 8. The first kappa shape index (κ1) is 26.7. The van der Waals surface area contributed by atoms with E-state index < -0.39 is 20.6 Å². The summed E-state index contributed by atoms with van der Waals surface area (Å²) in [6.07, 6.45) is 1.64. The summed E-state index contributed by atoms with van der Waals surface area (Å²) in [5, 5.41) is 12.6. The second-order valence-electron chi connectivity index (χ2n) is 10.0. The molecule has 0 aliphatic carbocycles. The van der Waals surface area contributed by atoms with Gasteiger partial charge in [0.1, 0.15) is 19.2 Å². The molecule has 0 saturated carbocycles. The van der Waals surface area contributed by atoms with Gasteiger partial charge in [-0.25, -0.2) is 15.0 Å². The van der Waals surface area contributed by atoms with Crippen LogP contribution in [0.3, 0.4) is 0 Å². The molecule has 1 aliphatic heterocycles. The second-order valence-corrected chi connectivity index (χ2v) is 15.5. The summed E-state index contributed by atoms with van der Waals surface area (Å²) in [5.41, 5.74) is 2.30. The minimum absolute atomic E-state index is 0.0825. The summed E-state index contributed by atoms with van der Waals surface area (Å²) < 4.78 is 20.9. The molecule has 0 radical (unpaired) electrons. The molecule has 2 aromatic heterocycles. The molecule has 4 atom stereocenters. The number of aliphatic hydroxyl groups excluding tert-OH is 1. The van der Waals surface area contributed by atoms with E-state index in [0.29, 0.717) is 33.6 Å². The maximum Gasteiger partial charge on any atom is 0.222 e. The summed E-state index contributed by atoms with van der Waals surface area (Å²) in [6.45, 7) is 16.9. The van der Waals surface area contributed by atoms with Crippen LogP contribution in [0, 0.1) is 5.92 Å². The lowest BCUT2D eigenvalue weighted by atomic mass is 10.0. The molecule has 1 aliphatic rings. The minimum Gasteiger partial charge on any atom is -0.394 e. The first-order valence-electron chi connectivity index (χ1n) is 12.0. The van der Waals surface area contributed by atoms with Gasteiger partial charge in [-0.15, -0.1) is 0 Å². The molecule has 190 valence electrons. The van der Waals surface area contributed by atoms with Gasteiger partial charge >= 0.3 is 0 Å². The molecule has 3 heterocycles. The van der Waals surface area contributed by atoms with E-state index in [-0.39, 0.29) is 31.3 Å². The van der Waals surface area contributed by atoms with Gasteiger partial charge in [-0.1, -0.05) is 48.5 Å². The number of aromatic nitrogens is 4. The van der Waals surface area contributed by atoms with E-state index in [1.165, 1.54) is 13.3 Å². The van der Waals surface area contributed by atoms with Crippen molar-refractivity contribution in [2.24, 2.45) is 5.92 Å². The van der Waals surface area contributed by atoms with Crippen LogP contribution >= 0.6 is 0 Å². The van der Waals surface area contributed by atoms with Crippen molar-refractivity contribution in [3.63, 3.8) is 0 Å². The van der Waals surface area contributed by atoms with E-state index in [1.807, 2.05) is 6.92 Å². The van der Waals surface area contributed by atoms with Gasteiger partial charge in [0, 0.05) is 12.8 Å². The SMILES string of the molecule is CC(=O)Nc1ncnc2c1ncn2[C@@H]1O[C@H](CO)C(C)[C@@H]1OCO[Si](C(C)C)(C(C)C)C(C)C. The summed E-state index contributed by atoms with van der Waals surface area (Å²) in [4.78, 5) is 24.5. The normalized spacial score (nSPS) is 23.5. The van der Waals surface area contributed by atoms with Gasteiger partial charge in [-0.05, 0) is 16.6 Å². The lowest BCUT2D eigenvalue weighted by molar-refractivity contribution is -0.114. The third-order valence-corrected chi connectivity index (χ3v) is 13.1. The average molecular weight is 494 g/mol. The summed E-state index contributed by atoms with van der Waals surface area (Å²) >= 11 is 0. The summed E-state index contributed by atoms with van der Waals surface area (Å²) in [5.74, 6) is 0.0106.